The summed E-state index contributed by atoms with van der Waals surface area (Å²) in [4.78, 5) is 22.1. The van der Waals surface area contributed by atoms with Crippen molar-refractivity contribution < 1.29 is 14.3 Å². The van der Waals surface area contributed by atoms with Gasteiger partial charge < -0.3 is 14.8 Å². The van der Waals surface area contributed by atoms with E-state index in [9.17, 15) is 4.79 Å². The van der Waals surface area contributed by atoms with Crippen molar-refractivity contribution in [2.45, 2.75) is 20.1 Å². The van der Waals surface area contributed by atoms with Crippen LogP contribution in [0.2, 0.25) is 5.02 Å². The number of hydrogen-bond acceptors (Lipinski definition) is 7. The van der Waals surface area contributed by atoms with E-state index in [1.165, 1.54) is 22.7 Å². The number of carbonyl (C=O) groups excluding carboxylic acids is 1. The lowest BCUT2D eigenvalue weighted by Gasteiger charge is -2.11. The summed E-state index contributed by atoms with van der Waals surface area (Å²) < 4.78 is 11.6. The molecular weight excluding hydrogens is 454 g/mol. The molecule has 0 saturated carbocycles. The molecule has 9 heteroatoms. The van der Waals surface area contributed by atoms with Gasteiger partial charge in [-0.1, -0.05) is 23.7 Å². The Hall–Kier alpha value is -2.94. The molecule has 158 valence electrons. The first-order chi connectivity index (χ1) is 15.1. The highest BCUT2D eigenvalue weighted by atomic mass is 35.5. The van der Waals surface area contributed by atoms with Crippen molar-refractivity contribution in [1.29, 1.82) is 0 Å². The van der Waals surface area contributed by atoms with Crippen LogP contribution in [0.25, 0.3) is 0 Å². The number of benzene rings is 2. The van der Waals surface area contributed by atoms with Crippen LogP contribution in [0.5, 0.6) is 11.5 Å². The quantitative estimate of drug-likeness (QED) is 0.342. The topological polar surface area (TPSA) is 73.3 Å². The van der Waals surface area contributed by atoms with Crippen molar-refractivity contribution in [3.8, 4) is 11.5 Å². The van der Waals surface area contributed by atoms with Gasteiger partial charge in [-0.25, -0.2) is 9.97 Å². The minimum absolute atomic E-state index is 0.238. The van der Waals surface area contributed by atoms with Gasteiger partial charge in [0, 0.05) is 10.4 Å². The number of anilines is 1. The second-order valence-electron chi connectivity index (χ2n) is 6.48. The van der Waals surface area contributed by atoms with Crippen LogP contribution < -0.4 is 14.8 Å². The number of amides is 1. The molecule has 0 fully saturated rings. The van der Waals surface area contributed by atoms with E-state index >= 15 is 0 Å². The Labute approximate surface area is 192 Å². The number of ether oxygens (including phenoxy) is 2. The molecule has 4 aromatic rings. The first kappa shape index (κ1) is 21.3. The number of hydrogen-bond donors (Lipinski definition) is 1. The summed E-state index contributed by atoms with van der Waals surface area (Å²) in [6.45, 7) is 2.41. The third-order valence-corrected chi connectivity index (χ3v) is 6.23. The molecule has 1 N–H and O–H groups in total. The lowest BCUT2D eigenvalue weighted by atomic mass is 10.2. The van der Waals surface area contributed by atoms with Crippen molar-refractivity contribution in [2.75, 3.05) is 5.32 Å². The molecule has 0 unspecified atom stereocenters. The molecule has 2 aromatic heterocycles. The van der Waals surface area contributed by atoms with Gasteiger partial charge in [-0.2, -0.15) is 0 Å². The average Bonchev–Trinajstić information content (AvgIpc) is 3.42. The lowest BCUT2D eigenvalue weighted by Crippen LogP contribution is -2.12. The molecule has 2 aromatic carbocycles. The fraction of sp³-hybridized carbons (Fsp3) is 0.136. The summed E-state index contributed by atoms with van der Waals surface area (Å²) in [5, 5.41) is 6.21. The maximum atomic E-state index is 12.9. The Morgan fingerprint density at radius 1 is 1.10 bits per heavy atom. The molecule has 0 aliphatic carbocycles. The zero-order chi connectivity index (χ0) is 21.6. The Balaban J connectivity index is 1.41. The summed E-state index contributed by atoms with van der Waals surface area (Å²) >= 11 is 8.70. The molecule has 0 aliphatic heterocycles. The second kappa shape index (κ2) is 9.91. The monoisotopic (exact) mass is 471 g/mol. The zero-order valence-corrected chi connectivity index (χ0v) is 18.9. The van der Waals surface area contributed by atoms with Crippen LogP contribution in [0.15, 0.2) is 59.4 Å². The average molecular weight is 472 g/mol. The second-order valence-corrected chi connectivity index (χ2v) is 8.72. The highest BCUT2D eigenvalue weighted by molar-refractivity contribution is 7.13. The van der Waals surface area contributed by atoms with Crippen LogP contribution in [0, 0.1) is 6.92 Å². The number of para-hydroxylation sites is 2. The summed E-state index contributed by atoms with van der Waals surface area (Å²) in [5.41, 5.74) is 3.84. The Kier molecular flexibility index (Phi) is 6.81. The van der Waals surface area contributed by atoms with Gasteiger partial charge in [0.05, 0.1) is 22.6 Å². The van der Waals surface area contributed by atoms with Crippen molar-refractivity contribution >= 4 is 45.9 Å². The Morgan fingerprint density at radius 2 is 1.90 bits per heavy atom. The van der Waals surface area contributed by atoms with Crippen molar-refractivity contribution in [1.82, 2.24) is 9.97 Å². The van der Waals surface area contributed by atoms with Crippen LogP contribution in [0.1, 0.15) is 26.1 Å². The van der Waals surface area contributed by atoms with E-state index in [-0.39, 0.29) is 12.5 Å². The smallest absolute Gasteiger partial charge is 0.267 e. The predicted octanol–water partition coefficient (Wildman–Crippen LogP) is 5.97. The third kappa shape index (κ3) is 5.61. The molecule has 2 heterocycles. The van der Waals surface area contributed by atoms with E-state index in [1.807, 2.05) is 30.5 Å². The molecule has 0 bridgehead atoms. The highest BCUT2D eigenvalue weighted by Gasteiger charge is 2.17. The summed E-state index contributed by atoms with van der Waals surface area (Å²) in [5.74, 6) is 1.03. The largest absolute Gasteiger partial charge is 0.486 e. The predicted molar refractivity (Wildman–Crippen MR) is 123 cm³/mol. The molecule has 1 amide bonds. The van der Waals surface area contributed by atoms with Crippen LogP contribution in [-0.4, -0.2) is 15.9 Å². The van der Waals surface area contributed by atoms with Gasteiger partial charge >= 0.3 is 0 Å². The summed E-state index contributed by atoms with van der Waals surface area (Å²) in [6.07, 6.45) is 0. The van der Waals surface area contributed by atoms with Gasteiger partial charge in [0.15, 0.2) is 0 Å². The highest BCUT2D eigenvalue weighted by Crippen LogP contribution is 2.27. The number of aryl methyl sites for hydroxylation is 1. The van der Waals surface area contributed by atoms with E-state index in [4.69, 9.17) is 21.1 Å². The molecule has 0 saturated heterocycles. The van der Waals surface area contributed by atoms with E-state index < -0.39 is 0 Å². The Bertz CT molecular complexity index is 1160. The molecule has 6 nitrogen and oxygen atoms in total. The molecule has 0 aliphatic rings. The minimum atomic E-state index is -0.238. The minimum Gasteiger partial charge on any atom is -0.486 e. The normalized spacial score (nSPS) is 10.6. The van der Waals surface area contributed by atoms with Crippen molar-refractivity contribution in [3.63, 3.8) is 0 Å². The van der Waals surface area contributed by atoms with Crippen LogP contribution >= 0.6 is 34.3 Å². The van der Waals surface area contributed by atoms with Gasteiger partial charge in [-0.05, 0) is 43.3 Å². The van der Waals surface area contributed by atoms with Crippen LogP contribution in [-0.2, 0) is 13.2 Å². The third-order valence-electron chi connectivity index (χ3n) is 4.22. The van der Waals surface area contributed by atoms with Gasteiger partial charge in [0.2, 0.25) is 0 Å². The fourth-order valence-electron chi connectivity index (χ4n) is 2.74. The fourth-order valence-corrected chi connectivity index (χ4v) is 4.28. The summed E-state index contributed by atoms with van der Waals surface area (Å²) in [7, 11) is 0. The lowest BCUT2D eigenvalue weighted by molar-refractivity contribution is 0.102. The number of nitrogens with one attached hydrogen (secondary N) is 1. The molecule has 0 spiro atoms. The first-order valence-corrected chi connectivity index (χ1v) is 11.5. The molecule has 4 rings (SSSR count). The maximum absolute atomic E-state index is 12.9. The molecular formula is C22H18ClN3O3S2. The SMILES string of the molecule is Cc1nc(COc2ccc(Cl)cc2)sc1C(=O)Nc1ccccc1OCc1cscn1. The van der Waals surface area contributed by atoms with E-state index in [1.54, 1.807) is 35.8 Å². The molecule has 0 atom stereocenters. The van der Waals surface area contributed by atoms with E-state index in [2.05, 4.69) is 15.3 Å². The van der Waals surface area contributed by atoms with Crippen molar-refractivity contribution in [3.05, 3.63) is 85.7 Å². The number of carbonyl (C=O) groups is 1. The van der Waals surface area contributed by atoms with Gasteiger partial charge in [-0.15, -0.1) is 22.7 Å². The standard InChI is InChI=1S/C22H18ClN3O3S2/c1-14-21(31-20(25-14)11-28-17-8-6-15(23)7-9-17)22(27)26-18-4-2-3-5-19(18)29-10-16-12-30-13-24-16/h2-9,12-13H,10-11H2,1H3,(H,26,27). The number of thiazole rings is 2. The van der Waals surface area contributed by atoms with E-state index in [0.717, 1.165) is 5.69 Å². The first-order valence-electron chi connectivity index (χ1n) is 9.33. The maximum Gasteiger partial charge on any atom is 0.267 e. The number of aromatic nitrogens is 2. The van der Waals surface area contributed by atoms with Gasteiger partial charge in [0.1, 0.15) is 34.6 Å². The van der Waals surface area contributed by atoms with Gasteiger partial charge in [-0.3, -0.25) is 4.79 Å². The molecule has 31 heavy (non-hydrogen) atoms. The van der Waals surface area contributed by atoms with Crippen LogP contribution in [0.4, 0.5) is 5.69 Å². The van der Waals surface area contributed by atoms with Gasteiger partial charge in [0.25, 0.3) is 5.91 Å². The number of nitrogens with zero attached hydrogens (tertiary/aromatic N) is 2. The van der Waals surface area contributed by atoms with E-state index in [0.29, 0.717) is 44.4 Å². The Morgan fingerprint density at radius 3 is 2.68 bits per heavy atom. The summed E-state index contributed by atoms with van der Waals surface area (Å²) in [6, 6.07) is 14.4. The van der Waals surface area contributed by atoms with Crippen molar-refractivity contribution in [2.24, 2.45) is 0 Å². The zero-order valence-electron chi connectivity index (χ0n) is 16.5. The molecule has 0 radical (unpaired) electrons. The van der Waals surface area contributed by atoms with Crippen LogP contribution in [0.3, 0.4) is 0 Å². The number of halogens is 1. The number of rotatable bonds is 8.